The summed E-state index contributed by atoms with van der Waals surface area (Å²) in [5, 5.41) is 10.7. The monoisotopic (exact) mass is 368 g/mol. The first-order valence-electron chi connectivity index (χ1n) is 6.04. The number of carboxylic acid groups (broad SMARTS) is 1. The molecule has 1 heterocycles. The van der Waals surface area contributed by atoms with E-state index >= 15 is 0 Å². The van der Waals surface area contributed by atoms with E-state index in [1.165, 1.54) is 6.08 Å². The third-order valence-corrected chi connectivity index (χ3v) is 4.58. The van der Waals surface area contributed by atoms with Crippen LogP contribution in [0.5, 0.6) is 11.5 Å². The lowest BCUT2D eigenvalue weighted by Gasteiger charge is -2.10. The highest BCUT2D eigenvalue weighted by molar-refractivity contribution is 9.10. The van der Waals surface area contributed by atoms with E-state index in [0.29, 0.717) is 23.7 Å². The second-order valence-electron chi connectivity index (χ2n) is 4.06. The standard InChI is InChI=1S/C15H13BrO4S/c1-19-11-4-2-10(3-5-15(17)18)13(8-11)20-9-14-12(16)6-7-21-14/h2-8H,9H2,1H3,(H,17,18). The SMILES string of the molecule is COc1ccc(C=CC(=O)O)c(OCc2sccc2Br)c1. The van der Waals surface area contributed by atoms with Crippen LogP contribution in [0.15, 0.2) is 40.2 Å². The summed E-state index contributed by atoms with van der Waals surface area (Å²) in [5.41, 5.74) is 0.686. The van der Waals surface area contributed by atoms with E-state index in [-0.39, 0.29) is 0 Å². The van der Waals surface area contributed by atoms with Crippen LogP contribution >= 0.6 is 27.3 Å². The molecule has 0 radical (unpaired) electrons. The van der Waals surface area contributed by atoms with E-state index in [4.69, 9.17) is 14.6 Å². The Labute approximate surface area is 134 Å². The van der Waals surface area contributed by atoms with E-state index in [9.17, 15) is 4.79 Å². The molecule has 4 nitrogen and oxygen atoms in total. The van der Waals surface area contributed by atoms with Gasteiger partial charge in [-0.05, 0) is 45.6 Å². The van der Waals surface area contributed by atoms with Crippen LogP contribution in [0.25, 0.3) is 6.08 Å². The summed E-state index contributed by atoms with van der Waals surface area (Å²) in [6, 6.07) is 7.22. The van der Waals surface area contributed by atoms with Gasteiger partial charge in [0, 0.05) is 22.2 Å². The fourth-order valence-corrected chi connectivity index (χ4v) is 3.01. The maximum absolute atomic E-state index is 10.6. The average molecular weight is 369 g/mol. The van der Waals surface area contributed by atoms with Gasteiger partial charge >= 0.3 is 5.97 Å². The maximum Gasteiger partial charge on any atom is 0.328 e. The number of hydrogen-bond acceptors (Lipinski definition) is 4. The summed E-state index contributed by atoms with van der Waals surface area (Å²) in [5.74, 6) is 0.229. The van der Waals surface area contributed by atoms with Crippen molar-refractivity contribution < 1.29 is 19.4 Å². The zero-order valence-corrected chi connectivity index (χ0v) is 13.6. The second-order valence-corrected chi connectivity index (χ2v) is 5.91. The van der Waals surface area contributed by atoms with Crippen LogP contribution in [0.1, 0.15) is 10.4 Å². The molecule has 110 valence electrons. The maximum atomic E-state index is 10.6. The number of thiophene rings is 1. The zero-order chi connectivity index (χ0) is 15.2. The van der Waals surface area contributed by atoms with Crippen molar-refractivity contribution in [3.8, 4) is 11.5 Å². The first-order valence-corrected chi connectivity index (χ1v) is 7.71. The highest BCUT2D eigenvalue weighted by atomic mass is 79.9. The first kappa shape index (κ1) is 15.6. The van der Waals surface area contributed by atoms with Crippen molar-refractivity contribution in [3.05, 3.63) is 50.6 Å². The van der Waals surface area contributed by atoms with Crippen molar-refractivity contribution in [1.29, 1.82) is 0 Å². The van der Waals surface area contributed by atoms with Crippen molar-refractivity contribution in [1.82, 2.24) is 0 Å². The molecule has 0 bridgehead atoms. The lowest BCUT2D eigenvalue weighted by molar-refractivity contribution is -0.131. The lowest BCUT2D eigenvalue weighted by Crippen LogP contribution is -1.97. The van der Waals surface area contributed by atoms with E-state index in [2.05, 4.69) is 15.9 Å². The molecule has 0 aliphatic heterocycles. The summed E-state index contributed by atoms with van der Waals surface area (Å²) < 4.78 is 12.0. The minimum Gasteiger partial charge on any atom is -0.497 e. The molecule has 1 aromatic heterocycles. The Morgan fingerprint density at radius 2 is 2.24 bits per heavy atom. The fourth-order valence-electron chi connectivity index (χ4n) is 1.64. The molecule has 21 heavy (non-hydrogen) atoms. The smallest absolute Gasteiger partial charge is 0.328 e. The topological polar surface area (TPSA) is 55.8 Å². The van der Waals surface area contributed by atoms with Crippen molar-refractivity contribution >= 4 is 39.3 Å². The number of benzene rings is 1. The molecule has 0 aliphatic rings. The Morgan fingerprint density at radius 1 is 1.43 bits per heavy atom. The van der Waals surface area contributed by atoms with Gasteiger partial charge in [-0.3, -0.25) is 0 Å². The number of ether oxygens (including phenoxy) is 2. The number of rotatable bonds is 6. The largest absolute Gasteiger partial charge is 0.497 e. The molecular formula is C15H13BrO4S. The molecule has 0 aliphatic carbocycles. The molecule has 0 unspecified atom stereocenters. The Balaban J connectivity index is 2.22. The molecule has 1 N–H and O–H groups in total. The third-order valence-electron chi connectivity index (χ3n) is 2.68. The summed E-state index contributed by atoms with van der Waals surface area (Å²) in [7, 11) is 1.57. The molecule has 0 fully saturated rings. The van der Waals surface area contributed by atoms with Crippen LogP contribution in [-0.2, 0) is 11.4 Å². The molecule has 1 aromatic carbocycles. The van der Waals surface area contributed by atoms with E-state index < -0.39 is 5.97 Å². The van der Waals surface area contributed by atoms with Crippen LogP contribution < -0.4 is 9.47 Å². The highest BCUT2D eigenvalue weighted by Crippen LogP contribution is 2.29. The van der Waals surface area contributed by atoms with Gasteiger partial charge in [0.05, 0.1) is 12.0 Å². The molecule has 2 rings (SSSR count). The van der Waals surface area contributed by atoms with Gasteiger partial charge in [-0.15, -0.1) is 11.3 Å². The molecule has 6 heteroatoms. The summed E-state index contributed by atoms with van der Waals surface area (Å²) in [6.45, 7) is 0.402. The molecule has 0 saturated heterocycles. The number of hydrogen-bond donors (Lipinski definition) is 1. The zero-order valence-electron chi connectivity index (χ0n) is 11.2. The number of carbonyl (C=O) groups is 1. The van der Waals surface area contributed by atoms with Gasteiger partial charge in [0.25, 0.3) is 0 Å². The number of methoxy groups -OCH3 is 1. The third kappa shape index (κ3) is 4.34. The summed E-state index contributed by atoms with van der Waals surface area (Å²) in [4.78, 5) is 11.7. The van der Waals surface area contributed by atoms with Crippen LogP contribution in [0.4, 0.5) is 0 Å². The van der Waals surface area contributed by atoms with Gasteiger partial charge in [-0.2, -0.15) is 0 Å². The molecule has 0 atom stereocenters. The number of carboxylic acids is 1. The predicted octanol–water partition coefficient (Wildman–Crippen LogP) is 4.20. The summed E-state index contributed by atoms with van der Waals surface area (Å²) >= 11 is 5.04. The van der Waals surface area contributed by atoms with Gasteiger partial charge < -0.3 is 14.6 Å². The van der Waals surface area contributed by atoms with Crippen LogP contribution in [0.2, 0.25) is 0 Å². The minimum atomic E-state index is -1.00. The van der Waals surface area contributed by atoms with Crippen molar-refractivity contribution in [2.24, 2.45) is 0 Å². The molecule has 2 aromatic rings. The van der Waals surface area contributed by atoms with Gasteiger partial charge in [0.1, 0.15) is 18.1 Å². The average Bonchev–Trinajstić information content (AvgIpc) is 2.88. The molecule has 0 saturated carbocycles. The lowest BCUT2D eigenvalue weighted by atomic mass is 10.1. The van der Waals surface area contributed by atoms with Crippen LogP contribution in [-0.4, -0.2) is 18.2 Å². The van der Waals surface area contributed by atoms with E-state index in [1.807, 2.05) is 11.4 Å². The van der Waals surface area contributed by atoms with E-state index in [1.54, 1.807) is 36.6 Å². The Kier molecular flexibility index (Phi) is 5.41. The number of halogens is 1. The van der Waals surface area contributed by atoms with Crippen LogP contribution in [0.3, 0.4) is 0 Å². The molecule has 0 spiro atoms. The Hall–Kier alpha value is -1.79. The highest BCUT2D eigenvalue weighted by Gasteiger charge is 2.07. The number of aliphatic carboxylic acids is 1. The molecular weight excluding hydrogens is 356 g/mol. The normalized spacial score (nSPS) is 10.8. The molecule has 0 amide bonds. The summed E-state index contributed by atoms with van der Waals surface area (Å²) in [6.07, 6.45) is 2.58. The first-order chi connectivity index (χ1) is 10.1. The predicted molar refractivity (Wildman–Crippen MR) is 86.0 cm³/mol. The van der Waals surface area contributed by atoms with Gasteiger partial charge in [0.2, 0.25) is 0 Å². The van der Waals surface area contributed by atoms with Crippen molar-refractivity contribution in [2.45, 2.75) is 6.61 Å². The second kappa shape index (κ2) is 7.28. The quantitative estimate of drug-likeness (QED) is 0.776. The van der Waals surface area contributed by atoms with Gasteiger partial charge in [-0.1, -0.05) is 0 Å². The van der Waals surface area contributed by atoms with E-state index in [0.717, 1.165) is 15.4 Å². The Bertz CT molecular complexity index is 663. The van der Waals surface area contributed by atoms with Crippen LogP contribution in [0, 0.1) is 0 Å². The van der Waals surface area contributed by atoms with Gasteiger partial charge in [-0.25, -0.2) is 4.79 Å². The minimum absolute atomic E-state index is 0.402. The Morgan fingerprint density at radius 3 is 2.86 bits per heavy atom. The van der Waals surface area contributed by atoms with Crippen molar-refractivity contribution in [3.63, 3.8) is 0 Å². The fraction of sp³-hybridized carbons (Fsp3) is 0.133. The van der Waals surface area contributed by atoms with Crippen molar-refractivity contribution in [2.75, 3.05) is 7.11 Å². The van der Waals surface area contributed by atoms with Gasteiger partial charge in [0.15, 0.2) is 0 Å².